The molecule has 3 aromatic rings. The number of ether oxygens (including phenoxy) is 1. The van der Waals surface area contributed by atoms with Crippen molar-refractivity contribution in [2.24, 2.45) is 0 Å². The number of carboxylic acid groups (broad SMARTS) is 1. The van der Waals surface area contributed by atoms with Crippen LogP contribution >= 0.6 is 11.6 Å². The first-order chi connectivity index (χ1) is 11.4. The van der Waals surface area contributed by atoms with Gasteiger partial charge in [0.2, 0.25) is 0 Å². The summed E-state index contributed by atoms with van der Waals surface area (Å²) in [5.74, 6) is -0.418. The minimum Gasteiger partial charge on any atom is -0.495 e. The van der Waals surface area contributed by atoms with Crippen LogP contribution < -0.4 is 4.74 Å². The standard InChI is InChI=1S/C19H16ClNO3/c1-10-4-6-13-14(19(22)23)9-16(21-18(13)11(10)2)12-5-7-17(24-3)15(20)8-12/h4-9H,1-3H3,(H,22,23). The third-order valence-corrected chi connectivity index (χ3v) is 4.48. The average molecular weight is 342 g/mol. The maximum atomic E-state index is 11.7. The molecule has 1 N–H and O–H groups in total. The van der Waals surface area contributed by atoms with Crippen molar-refractivity contribution in [1.82, 2.24) is 4.98 Å². The Morgan fingerprint density at radius 3 is 2.54 bits per heavy atom. The minimum atomic E-state index is -0.980. The van der Waals surface area contributed by atoms with Crippen molar-refractivity contribution in [2.45, 2.75) is 13.8 Å². The van der Waals surface area contributed by atoms with E-state index in [0.29, 0.717) is 27.4 Å². The lowest BCUT2D eigenvalue weighted by molar-refractivity contribution is 0.0699. The highest BCUT2D eigenvalue weighted by atomic mass is 35.5. The zero-order chi connectivity index (χ0) is 17.4. The topological polar surface area (TPSA) is 59.4 Å². The molecule has 0 aliphatic carbocycles. The number of methoxy groups -OCH3 is 1. The minimum absolute atomic E-state index is 0.227. The number of aromatic carboxylic acids is 1. The Balaban J connectivity index is 2.31. The van der Waals surface area contributed by atoms with Gasteiger partial charge in [0.05, 0.1) is 28.9 Å². The molecule has 4 nitrogen and oxygen atoms in total. The Morgan fingerprint density at radius 1 is 1.17 bits per heavy atom. The van der Waals surface area contributed by atoms with E-state index in [9.17, 15) is 9.90 Å². The van der Waals surface area contributed by atoms with Crippen molar-refractivity contribution in [3.05, 3.63) is 58.1 Å². The predicted molar refractivity (Wildman–Crippen MR) is 95.2 cm³/mol. The molecule has 0 spiro atoms. The molecule has 0 unspecified atom stereocenters. The van der Waals surface area contributed by atoms with Crippen LogP contribution in [-0.2, 0) is 0 Å². The molecule has 24 heavy (non-hydrogen) atoms. The number of pyridine rings is 1. The Labute approximate surface area is 144 Å². The van der Waals surface area contributed by atoms with Gasteiger partial charge in [-0.2, -0.15) is 0 Å². The average Bonchev–Trinajstić information content (AvgIpc) is 2.57. The van der Waals surface area contributed by atoms with E-state index in [1.807, 2.05) is 26.0 Å². The fourth-order valence-electron chi connectivity index (χ4n) is 2.68. The molecule has 5 heteroatoms. The molecular weight excluding hydrogens is 326 g/mol. The van der Waals surface area contributed by atoms with Gasteiger partial charge in [-0.1, -0.05) is 23.7 Å². The first kappa shape index (κ1) is 16.3. The Hall–Kier alpha value is -2.59. The molecule has 1 aromatic heterocycles. The zero-order valence-corrected chi connectivity index (χ0v) is 14.3. The quantitative estimate of drug-likeness (QED) is 0.737. The molecule has 1 heterocycles. The number of halogens is 1. The Kier molecular flexibility index (Phi) is 4.16. The van der Waals surface area contributed by atoms with Crippen LogP contribution in [0.25, 0.3) is 22.2 Å². The summed E-state index contributed by atoms with van der Waals surface area (Å²) in [7, 11) is 1.55. The summed E-state index contributed by atoms with van der Waals surface area (Å²) in [6, 6.07) is 10.6. The highest BCUT2D eigenvalue weighted by Gasteiger charge is 2.15. The van der Waals surface area contributed by atoms with Crippen molar-refractivity contribution in [2.75, 3.05) is 7.11 Å². The molecule has 0 aliphatic heterocycles. The Bertz CT molecular complexity index is 966. The number of carbonyl (C=O) groups is 1. The van der Waals surface area contributed by atoms with Crippen LogP contribution in [0.15, 0.2) is 36.4 Å². The largest absolute Gasteiger partial charge is 0.495 e. The SMILES string of the molecule is COc1ccc(-c2cc(C(=O)O)c3ccc(C)c(C)c3n2)cc1Cl. The fourth-order valence-corrected chi connectivity index (χ4v) is 2.94. The van der Waals surface area contributed by atoms with Gasteiger partial charge in [0.15, 0.2) is 0 Å². The van der Waals surface area contributed by atoms with Crippen LogP contribution in [0.1, 0.15) is 21.5 Å². The summed E-state index contributed by atoms with van der Waals surface area (Å²) in [4.78, 5) is 16.4. The van der Waals surface area contributed by atoms with Crippen LogP contribution in [-0.4, -0.2) is 23.2 Å². The van der Waals surface area contributed by atoms with E-state index in [0.717, 1.165) is 16.7 Å². The number of aromatic nitrogens is 1. The zero-order valence-electron chi connectivity index (χ0n) is 13.6. The molecule has 3 rings (SSSR count). The van der Waals surface area contributed by atoms with E-state index in [2.05, 4.69) is 4.98 Å². The summed E-state index contributed by atoms with van der Waals surface area (Å²) in [6.45, 7) is 3.93. The monoisotopic (exact) mass is 341 g/mol. The smallest absolute Gasteiger partial charge is 0.336 e. The normalized spacial score (nSPS) is 10.8. The van der Waals surface area contributed by atoms with Crippen LogP contribution in [0.4, 0.5) is 0 Å². The summed E-state index contributed by atoms with van der Waals surface area (Å²) < 4.78 is 5.16. The molecule has 0 radical (unpaired) electrons. The van der Waals surface area contributed by atoms with E-state index in [1.54, 1.807) is 31.4 Å². The lowest BCUT2D eigenvalue weighted by Crippen LogP contribution is -2.02. The first-order valence-electron chi connectivity index (χ1n) is 7.40. The van der Waals surface area contributed by atoms with Gasteiger partial charge in [0.25, 0.3) is 0 Å². The summed E-state index contributed by atoms with van der Waals surface area (Å²) in [6.07, 6.45) is 0. The van der Waals surface area contributed by atoms with Crippen molar-refractivity contribution in [3.8, 4) is 17.0 Å². The van der Waals surface area contributed by atoms with Crippen molar-refractivity contribution < 1.29 is 14.6 Å². The molecule has 122 valence electrons. The lowest BCUT2D eigenvalue weighted by atomic mass is 9.99. The van der Waals surface area contributed by atoms with Gasteiger partial charge in [-0.25, -0.2) is 9.78 Å². The second kappa shape index (κ2) is 6.13. The van der Waals surface area contributed by atoms with Crippen molar-refractivity contribution in [1.29, 1.82) is 0 Å². The molecular formula is C19H16ClNO3. The van der Waals surface area contributed by atoms with Gasteiger partial charge >= 0.3 is 5.97 Å². The number of hydrogen-bond acceptors (Lipinski definition) is 3. The highest BCUT2D eigenvalue weighted by molar-refractivity contribution is 6.32. The van der Waals surface area contributed by atoms with E-state index < -0.39 is 5.97 Å². The van der Waals surface area contributed by atoms with E-state index >= 15 is 0 Å². The molecule has 0 saturated carbocycles. The number of carboxylic acids is 1. The van der Waals surface area contributed by atoms with Crippen LogP contribution in [0, 0.1) is 13.8 Å². The van der Waals surface area contributed by atoms with E-state index in [4.69, 9.17) is 16.3 Å². The molecule has 0 bridgehead atoms. The summed E-state index contributed by atoms with van der Waals surface area (Å²) >= 11 is 6.19. The van der Waals surface area contributed by atoms with E-state index in [1.165, 1.54) is 0 Å². The third-order valence-electron chi connectivity index (χ3n) is 4.18. The molecule has 0 amide bonds. The second-order valence-electron chi connectivity index (χ2n) is 5.61. The molecule has 2 aromatic carbocycles. The van der Waals surface area contributed by atoms with Crippen LogP contribution in [0.2, 0.25) is 5.02 Å². The summed E-state index contributed by atoms with van der Waals surface area (Å²) in [5.41, 5.74) is 4.26. The van der Waals surface area contributed by atoms with Gasteiger partial charge in [-0.3, -0.25) is 0 Å². The molecule has 0 aliphatic rings. The Morgan fingerprint density at radius 2 is 1.92 bits per heavy atom. The van der Waals surface area contributed by atoms with Gasteiger partial charge in [0.1, 0.15) is 5.75 Å². The summed E-state index contributed by atoms with van der Waals surface area (Å²) in [5, 5.41) is 10.7. The number of benzene rings is 2. The maximum absolute atomic E-state index is 11.7. The highest BCUT2D eigenvalue weighted by Crippen LogP contribution is 2.32. The first-order valence-corrected chi connectivity index (χ1v) is 7.78. The second-order valence-corrected chi connectivity index (χ2v) is 6.02. The number of rotatable bonds is 3. The molecule has 0 atom stereocenters. The predicted octanol–water partition coefficient (Wildman–Crippen LogP) is 4.88. The number of nitrogens with zero attached hydrogens (tertiary/aromatic N) is 1. The molecule has 0 fully saturated rings. The van der Waals surface area contributed by atoms with Crippen molar-refractivity contribution >= 4 is 28.5 Å². The third kappa shape index (κ3) is 2.69. The maximum Gasteiger partial charge on any atom is 0.336 e. The van der Waals surface area contributed by atoms with E-state index in [-0.39, 0.29) is 5.56 Å². The van der Waals surface area contributed by atoms with Gasteiger partial charge < -0.3 is 9.84 Å². The number of aryl methyl sites for hydroxylation is 2. The van der Waals surface area contributed by atoms with Gasteiger partial charge in [0, 0.05) is 10.9 Å². The molecule has 0 saturated heterocycles. The van der Waals surface area contributed by atoms with Gasteiger partial charge in [-0.05, 0) is 49.2 Å². The number of fused-ring (bicyclic) bond motifs is 1. The van der Waals surface area contributed by atoms with Crippen LogP contribution in [0.5, 0.6) is 5.75 Å². The van der Waals surface area contributed by atoms with Crippen LogP contribution in [0.3, 0.4) is 0 Å². The lowest BCUT2D eigenvalue weighted by Gasteiger charge is -2.11. The fraction of sp³-hybridized carbons (Fsp3) is 0.158. The van der Waals surface area contributed by atoms with Crippen molar-refractivity contribution in [3.63, 3.8) is 0 Å². The number of hydrogen-bond donors (Lipinski definition) is 1. The van der Waals surface area contributed by atoms with Gasteiger partial charge in [-0.15, -0.1) is 0 Å².